The quantitative estimate of drug-likeness (QED) is 0.535. The molecule has 0 saturated carbocycles. The molecule has 0 aliphatic carbocycles. The highest BCUT2D eigenvalue weighted by atomic mass is 19.1. The Kier molecular flexibility index (Phi) is 9.98. The van der Waals surface area contributed by atoms with Gasteiger partial charge in [-0.05, 0) is 57.9 Å². The van der Waals surface area contributed by atoms with Crippen LogP contribution in [-0.4, -0.2) is 42.5 Å². The van der Waals surface area contributed by atoms with Crippen LogP contribution < -0.4 is 14.8 Å². The predicted molar refractivity (Wildman–Crippen MR) is 122 cm³/mol. The molecule has 0 heterocycles. The topological polar surface area (TPSA) is 67.9 Å². The van der Waals surface area contributed by atoms with Gasteiger partial charge in [0.25, 0.3) is 0 Å². The highest BCUT2D eigenvalue weighted by Gasteiger charge is 2.26. The number of hydrogen-bond acceptors (Lipinski definition) is 4. The largest absolute Gasteiger partial charge is 0.490 e. The third-order valence-electron chi connectivity index (χ3n) is 5.05. The molecule has 2 aromatic rings. The second kappa shape index (κ2) is 12.7. The maximum Gasteiger partial charge on any atom is 0.242 e. The van der Waals surface area contributed by atoms with Gasteiger partial charge in [0.15, 0.2) is 11.5 Å². The fourth-order valence-corrected chi connectivity index (χ4v) is 3.36. The number of carbonyl (C=O) groups is 2. The summed E-state index contributed by atoms with van der Waals surface area (Å²) in [5.41, 5.74) is 1.29. The summed E-state index contributed by atoms with van der Waals surface area (Å²) >= 11 is 0. The molecule has 0 radical (unpaired) electrons. The summed E-state index contributed by atoms with van der Waals surface area (Å²) in [6, 6.07) is 11.2. The second-order valence-electron chi connectivity index (χ2n) is 7.33. The van der Waals surface area contributed by atoms with E-state index in [1.165, 1.54) is 11.0 Å². The first-order valence-corrected chi connectivity index (χ1v) is 11.1. The van der Waals surface area contributed by atoms with Gasteiger partial charge in [0, 0.05) is 25.1 Å². The standard InChI is InChI=1S/C25H33FN2O4/c1-5-27-25(30)18(4)28(17-20-10-8-9-11-21(20)26)24(29)15-13-19-12-14-22(31-6-2)23(16-19)32-7-3/h8-12,14,16,18H,5-7,13,15,17H2,1-4H3,(H,27,30). The molecular weight excluding hydrogens is 411 g/mol. The van der Waals surface area contributed by atoms with Crippen molar-refractivity contribution < 1.29 is 23.5 Å². The molecule has 32 heavy (non-hydrogen) atoms. The average Bonchev–Trinajstić information content (AvgIpc) is 2.78. The molecule has 2 aromatic carbocycles. The lowest BCUT2D eigenvalue weighted by molar-refractivity contribution is -0.140. The first-order valence-electron chi connectivity index (χ1n) is 11.1. The van der Waals surface area contributed by atoms with Crippen molar-refractivity contribution in [3.63, 3.8) is 0 Å². The van der Waals surface area contributed by atoms with Crippen molar-refractivity contribution in [2.24, 2.45) is 0 Å². The van der Waals surface area contributed by atoms with Gasteiger partial charge in [-0.3, -0.25) is 9.59 Å². The second-order valence-corrected chi connectivity index (χ2v) is 7.33. The molecule has 7 heteroatoms. The van der Waals surface area contributed by atoms with Crippen LogP contribution in [0.3, 0.4) is 0 Å². The van der Waals surface area contributed by atoms with Crippen molar-refractivity contribution in [1.82, 2.24) is 10.2 Å². The van der Waals surface area contributed by atoms with Crippen molar-refractivity contribution in [3.05, 3.63) is 59.4 Å². The Morgan fingerprint density at radius 2 is 1.72 bits per heavy atom. The Balaban J connectivity index is 2.17. The zero-order valence-electron chi connectivity index (χ0n) is 19.3. The summed E-state index contributed by atoms with van der Waals surface area (Å²) in [5.74, 6) is 0.408. The van der Waals surface area contributed by atoms with Crippen LogP contribution in [0.5, 0.6) is 11.5 Å². The first-order chi connectivity index (χ1) is 15.4. The molecule has 0 fully saturated rings. The molecule has 1 N–H and O–H groups in total. The number of aryl methyl sites for hydroxylation is 1. The van der Waals surface area contributed by atoms with Crippen molar-refractivity contribution in [1.29, 1.82) is 0 Å². The van der Waals surface area contributed by atoms with E-state index in [4.69, 9.17) is 9.47 Å². The average molecular weight is 445 g/mol. The fourth-order valence-electron chi connectivity index (χ4n) is 3.36. The van der Waals surface area contributed by atoms with E-state index in [9.17, 15) is 14.0 Å². The number of benzene rings is 2. The molecular formula is C25H33FN2O4. The van der Waals surface area contributed by atoms with Crippen LogP contribution in [0.15, 0.2) is 42.5 Å². The summed E-state index contributed by atoms with van der Waals surface area (Å²) in [6.45, 7) is 8.79. The maximum absolute atomic E-state index is 14.2. The van der Waals surface area contributed by atoms with Gasteiger partial charge in [0.05, 0.1) is 13.2 Å². The Morgan fingerprint density at radius 3 is 2.38 bits per heavy atom. The molecule has 0 aliphatic rings. The number of halogens is 1. The summed E-state index contributed by atoms with van der Waals surface area (Å²) in [4.78, 5) is 27.0. The van der Waals surface area contributed by atoms with E-state index in [0.29, 0.717) is 43.2 Å². The molecule has 0 aromatic heterocycles. The van der Waals surface area contributed by atoms with Crippen LogP contribution in [0, 0.1) is 5.82 Å². The van der Waals surface area contributed by atoms with Gasteiger partial charge in [-0.2, -0.15) is 0 Å². The number of ether oxygens (including phenoxy) is 2. The fraction of sp³-hybridized carbons (Fsp3) is 0.440. The van der Waals surface area contributed by atoms with E-state index >= 15 is 0 Å². The highest BCUT2D eigenvalue weighted by molar-refractivity contribution is 5.87. The number of amides is 2. The number of likely N-dealkylation sites (N-methyl/N-ethyl adjacent to an activating group) is 1. The van der Waals surface area contributed by atoms with Gasteiger partial charge in [0.1, 0.15) is 11.9 Å². The van der Waals surface area contributed by atoms with E-state index in [-0.39, 0.29) is 24.8 Å². The molecule has 1 unspecified atom stereocenters. The summed E-state index contributed by atoms with van der Waals surface area (Å²) in [6.07, 6.45) is 0.638. The predicted octanol–water partition coefficient (Wildman–Crippen LogP) is 4.11. The van der Waals surface area contributed by atoms with Crippen LogP contribution >= 0.6 is 0 Å². The van der Waals surface area contributed by atoms with E-state index < -0.39 is 11.9 Å². The summed E-state index contributed by atoms with van der Waals surface area (Å²) in [7, 11) is 0. The van der Waals surface area contributed by atoms with Gasteiger partial charge in [-0.25, -0.2) is 4.39 Å². The number of rotatable bonds is 12. The zero-order chi connectivity index (χ0) is 23.5. The van der Waals surface area contributed by atoms with E-state index in [1.807, 2.05) is 39.0 Å². The molecule has 2 amide bonds. The molecule has 0 saturated heterocycles. The van der Waals surface area contributed by atoms with Crippen molar-refractivity contribution in [2.45, 2.75) is 53.1 Å². The van der Waals surface area contributed by atoms with Crippen LogP contribution in [0.4, 0.5) is 4.39 Å². The van der Waals surface area contributed by atoms with E-state index in [0.717, 1.165) is 5.56 Å². The smallest absolute Gasteiger partial charge is 0.242 e. The van der Waals surface area contributed by atoms with E-state index in [2.05, 4.69) is 5.32 Å². The molecule has 2 rings (SSSR count). The van der Waals surface area contributed by atoms with Crippen molar-refractivity contribution in [2.75, 3.05) is 19.8 Å². The van der Waals surface area contributed by atoms with Crippen LogP contribution in [-0.2, 0) is 22.6 Å². The van der Waals surface area contributed by atoms with Crippen molar-refractivity contribution >= 4 is 11.8 Å². The van der Waals surface area contributed by atoms with Gasteiger partial charge < -0.3 is 19.7 Å². The van der Waals surface area contributed by atoms with Gasteiger partial charge in [-0.1, -0.05) is 24.3 Å². The molecule has 6 nitrogen and oxygen atoms in total. The number of nitrogens with zero attached hydrogens (tertiary/aromatic N) is 1. The third kappa shape index (κ3) is 6.97. The van der Waals surface area contributed by atoms with Crippen LogP contribution in [0.2, 0.25) is 0 Å². The minimum atomic E-state index is -0.721. The normalized spacial score (nSPS) is 11.5. The number of nitrogens with one attached hydrogen (secondary N) is 1. The lowest BCUT2D eigenvalue weighted by atomic mass is 10.1. The summed E-state index contributed by atoms with van der Waals surface area (Å²) < 4.78 is 25.5. The SMILES string of the molecule is CCNC(=O)C(C)N(Cc1ccccc1F)C(=O)CCc1ccc(OCC)c(OCC)c1. The lowest BCUT2D eigenvalue weighted by Crippen LogP contribution is -2.47. The molecule has 0 aliphatic heterocycles. The molecule has 1 atom stereocenters. The first kappa shape index (κ1) is 25.2. The highest BCUT2D eigenvalue weighted by Crippen LogP contribution is 2.29. The van der Waals surface area contributed by atoms with Crippen LogP contribution in [0.25, 0.3) is 0 Å². The lowest BCUT2D eigenvalue weighted by Gasteiger charge is -2.29. The number of carbonyl (C=O) groups excluding carboxylic acids is 2. The van der Waals surface area contributed by atoms with Crippen LogP contribution in [0.1, 0.15) is 45.2 Å². The minimum Gasteiger partial charge on any atom is -0.490 e. The minimum absolute atomic E-state index is 0.0251. The Hall–Kier alpha value is -3.09. The Bertz CT molecular complexity index is 903. The maximum atomic E-state index is 14.2. The molecule has 174 valence electrons. The monoisotopic (exact) mass is 444 g/mol. The Labute approximate surface area is 189 Å². The Morgan fingerprint density at radius 1 is 1.03 bits per heavy atom. The molecule has 0 bridgehead atoms. The van der Waals surface area contributed by atoms with Gasteiger partial charge >= 0.3 is 0 Å². The van der Waals surface area contributed by atoms with E-state index in [1.54, 1.807) is 25.1 Å². The zero-order valence-corrected chi connectivity index (χ0v) is 19.3. The number of hydrogen-bond donors (Lipinski definition) is 1. The third-order valence-corrected chi connectivity index (χ3v) is 5.05. The van der Waals surface area contributed by atoms with Gasteiger partial charge in [-0.15, -0.1) is 0 Å². The molecule has 0 spiro atoms. The van der Waals surface area contributed by atoms with Crippen molar-refractivity contribution in [3.8, 4) is 11.5 Å². The summed E-state index contributed by atoms with van der Waals surface area (Å²) in [5, 5.41) is 2.74. The van der Waals surface area contributed by atoms with Gasteiger partial charge in [0.2, 0.25) is 11.8 Å².